The first-order valence-electron chi connectivity index (χ1n) is 13.5. The third-order valence-electron chi connectivity index (χ3n) is 7.55. The maximum atomic E-state index is 13.6. The Morgan fingerprint density at radius 2 is 1.73 bits per heavy atom. The van der Waals surface area contributed by atoms with E-state index in [0.717, 1.165) is 54.4 Å². The van der Waals surface area contributed by atoms with Crippen LogP contribution in [0.1, 0.15) is 55.1 Å². The van der Waals surface area contributed by atoms with Crippen LogP contribution in [0.4, 0.5) is 13.2 Å². The highest BCUT2D eigenvalue weighted by atomic mass is 32.1. The molecule has 40 heavy (non-hydrogen) atoms. The number of rotatable bonds is 6. The van der Waals surface area contributed by atoms with Crippen molar-refractivity contribution < 1.29 is 32.6 Å². The molecule has 2 fully saturated rings. The van der Waals surface area contributed by atoms with Crippen LogP contribution in [0.25, 0.3) is 21.0 Å². The third-order valence-corrected chi connectivity index (χ3v) is 8.74. The molecule has 1 amide bonds. The summed E-state index contributed by atoms with van der Waals surface area (Å²) in [6.45, 7) is 6.71. The number of nitrogens with zero attached hydrogens (tertiary/aromatic N) is 3. The zero-order chi connectivity index (χ0) is 29.0. The van der Waals surface area contributed by atoms with Gasteiger partial charge in [-0.1, -0.05) is 31.5 Å². The first kappa shape index (κ1) is 29.9. The van der Waals surface area contributed by atoms with Crippen molar-refractivity contribution >= 4 is 44.2 Å². The monoisotopic (exact) mass is 581 g/mol. The molecule has 2 saturated heterocycles. The number of carbonyl (C=O) groups excluding carboxylic acids is 1. The number of carbonyl (C=O) groups is 2. The number of likely N-dealkylation sites (tertiary alicyclic amines) is 2. The van der Waals surface area contributed by atoms with Gasteiger partial charge in [-0.3, -0.25) is 9.59 Å². The van der Waals surface area contributed by atoms with Crippen molar-refractivity contribution in [2.24, 2.45) is 0 Å². The van der Waals surface area contributed by atoms with E-state index in [4.69, 9.17) is 14.6 Å². The maximum absolute atomic E-state index is 13.6. The Hall–Kier alpha value is -3.12. The van der Waals surface area contributed by atoms with Gasteiger partial charge in [0.2, 0.25) is 0 Å². The zero-order valence-electron chi connectivity index (χ0n) is 22.6. The Bertz CT molecular complexity index is 1420. The smallest absolute Gasteiger partial charge is 0.490 e. The number of hydrogen-bond donors (Lipinski definition) is 1. The van der Waals surface area contributed by atoms with Crippen molar-refractivity contribution in [3.63, 3.8) is 0 Å². The zero-order valence-corrected chi connectivity index (χ0v) is 23.4. The summed E-state index contributed by atoms with van der Waals surface area (Å²) in [6.07, 6.45) is 1.48. The number of aryl methyl sites for hydroxylation is 1. The van der Waals surface area contributed by atoms with Gasteiger partial charge in [0.15, 0.2) is 5.75 Å². The van der Waals surface area contributed by atoms with E-state index in [1.807, 2.05) is 33.7 Å². The standard InChI is InChI=1S/C26H33N3O3S.C2HF3O2/c1-3-4-15-29-20-10-6-5-9-19(20)23-21(25(29)30)22(32-2)24(33-23)26(31)28-16-11-18(12-17-28)27-13-7-8-14-27;3-2(4,5)1(6)7/h5-6,9-10,18H,3-4,7-8,11-17H2,1-2H3;(H,6,7). The van der Waals surface area contributed by atoms with E-state index in [1.54, 1.807) is 7.11 Å². The highest BCUT2D eigenvalue weighted by Crippen LogP contribution is 2.40. The molecule has 0 saturated carbocycles. The predicted octanol–water partition coefficient (Wildman–Crippen LogP) is 5.36. The average Bonchev–Trinajstić information content (AvgIpc) is 3.61. The second-order valence-corrected chi connectivity index (χ2v) is 11.1. The van der Waals surface area contributed by atoms with Crippen molar-refractivity contribution in [3.05, 3.63) is 39.5 Å². The number of amides is 1. The van der Waals surface area contributed by atoms with Gasteiger partial charge in [0, 0.05) is 31.1 Å². The number of pyridine rings is 1. The number of methoxy groups -OCH3 is 1. The predicted molar refractivity (Wildman–Crippen MR) is 148 cm³/mol. The number of ether oxygens (including phenoxy) is 1. The second-order valence-electron chi connectivity index (χ2n) is 10.1. The summed E-state index contributed by atoms with van der Waals surface area (Å²) in [5.74, 6) is -2.31. The van der Waals surface area contributed by atoms with Gasteiger partial charge in [-0.2, -0.15) is 13.2 Å². The highest BCUT2D eigenvalue weighted by molar-refractivity contribution is 7.22. The lowest BCUT2D eigenvalue weighted by atomic mass is 10.0. The van der Waals surface area contributed by atoms with Crippen molar-refractivity contribution in [1.82, 2.24) is 14.4 Å². The van der Waals surface area contributed by atoms with Crippen LogP contribution in [0.5, 0.6) is 5.75 Å². The fourth-order valence-electron chi connectivity index (χ4n) is 5.50. The number of unbranched alkanes of at least 4 members (excludes halogenated alkanes) is 1. The number of alkyl halides is 3. The molecule has 1 aromatic carbocycles. The van der Waals surface area contributed by atoms with Crippen LogP contribution in [0.2, 0.25) is 0 Å². The molecule has 5 rings (SSSR count). The summed E-state index contributed by atoms with van der Waals surface area (Å²) in [7, 11) is 1.57. The summed E-state index contributed by atoms with van der Waals surface area (Å²) in [4.78, 5) is 41.2. The summed E-state index contributed by atoms with van der Waals surface area (Å²) < 4.78 is 40.2. The minimum atomic E-state index is -5.08. The number of piperidine rings is 1. The number of thiophene rings is 1. The number of carboxylic acid groups (broad SMARTS) is 1. The Morgan fingerprint density at radius 1 is 1.10 bits per heavy atom. The molecular weight excluding hydrogens is 547 g/mol. The third kappa shape index (κ3) is 6.12. The van der Waals surface area contributed by atoms with Gasteiger partial charge in [-0.05, 0) is 51.3 Å². The van der Waals surface area contributed by atoms with Gasteiger partial charge in [0.05, 0.1) is 17.3 Å². The van der Waals surface area contributed by atoms with Crippen molar-refractivity contribution in [2.75, 3.05) is 33.3 Å². The van der Waals surface area contributed by atoms with Crippen LogP contribution in [0.3, 0.4) is 0 Å². The average molecular weight is 582 g/mol. The second kappa shape index (κ2) is 12.6. The van der Waals surface area contributed by atoms with E-state index in [1.165, 1.54) is 37.3 Å². The fraction of sp³-hybridized carbons (Fsp3) is 0.536. The maximum Gasteiger partial charge on any atom is 0.490 e. The van der Waals surface area contributed by atoms with Gasteiger partial charge in [-0.25, -0.2) is 4.79 Å². The van der Waals surface area contributed by atoms with Crippen LogP contribution in [-0.2, 0) is 11.3 Å². The molecule has 0 bridgehead atoms. The van der Waals surface area contributed by atoms with E-state index in [9.17, 15) is 22.8 Å². The molecule has 0 unspecified atom stereocenters. The first-order valence-corrected chi connectivity index (χ1v) is 14.4. The molecular formula is C28H34F3N3O5S. The molecule has 0 spiro atoms. The lowest BCUT2D eigenvalue weighted by Gasteiger charge is -2.36. The number of aliphatic carboxylic acids is 1. The number of para-hydroxylation sites is 1. The molecule has 3 aromatic rings. The van der Waals surface area contributed by atoms with Crippen molar-refractivity contribution in [3.8, 4) is 5.75 Å². The summed E-state index contributed by atoms with van der Waals surface area (Å²) in [6, 6.07) is 8.61. The summed E-state index contributed by atoms with van der Waals surface area (Å²) in [5.41, 5.74) is 0.870. The Kier molecular flexibility index (Phi) is 9.40. The van der Waals surface area contributed by atoms with E-state index >= 15 is 0 Å². The molecule has 0 aliphatic carbocycles. The normalized spacial score (nSPS) is 16.8. The van der Waals surface area contributed by atoms with Gasteiger partial charge in [0.1, 0.15) is 10.3 Å². The first-order chi connectivity index (χ1) is 19.1. The van der Waals surface area contributed by atoms with Crippen LogP contribution in [0.15, 0.2) is 29.1 Å². The van der Waals surface area contributed by atoms with Crippen LogP contribution >= 0.6 is 11.3 Å². The SMILES string of the molecule is CCCCn1c(=O)c2c(OC)c(C(=O)N3CCC(N4CCCC4)CC3)sc2c2ccccc21.O=C(O)C(F)(F)F. The Morgan fingerprint density at radius 3 is 2.30 bits per heavy atom. The number of halogens is 3. The number of aromatic nitrogens is 1. The molecule has 218 valence electrons. The van der Waals surface area contributed by atoms with E-state index < -0.39 is 12.1 Å². The lowest BCUT2D eigenvalue weighted by molar-refractivity contribution is -0.192. The van der Waals surface area contributed by atoms with Gasteiger partial charge >= 0.3 is 12.1 Å². The van der Waals surface area contributed by atoms with E-state index in [2.05, 4.69) is 11.8 Å². The lowest BCUT2D eigenvalue weighted by Crippen LogP contribution is -2.45. The highest BCUT2D eigenvalue weighted by Gasteiger charge is 2.38. The van der Waals surface area contributed by atoms with Crippen molar-refractivity contribution in [2.45, 2.75) is 64.2 Å². The van der Waals surface area contributed by atoms with Crippen LogP contribution in [-0.4, -0.2) is 76.9 Å². The molecule has 8 nitrogen and oxygen atoms in total. The van der Waals surface area contributed by atoms with Crippen molar-refractivity contribution in [1.29, 1.82) is 0 Å². The minimum Gasteiger partial charge on any atom is -0.494 e. The number of carboxylic acids is 1. The quantitative estimate of drug-likeness (QED) is 0.422. The molecule has 2 aliphatic heterocycles. The van der Waals surface area contributed by atoms with Crippen LogP contribution in [0, 0.1) is 0 Å². The van der Waals surface area contributed by atoms with Gasteiger partial charge < -0.3 is 24.2 Å². The molecule has 12 heteroatoms. The number of benzene rings is 1. The largest absolute Gasteiger partial charge is 0.494 e. The molecule has 2 aromatic heterocycles. The fourth-order valence-corrected chi connectivity index (χ4v) is 6.77. The van der Waals surface area contributed by atoms with E-state index in [-0.39, 0.29) is 11.5 Å². The minimum absolute atomic E-state index is 0.00323. The van der Waals surface area contributed by atoms with Gasteiger partial charge in [0.25, 0.3) is 11.5 Å². The molecule has 0 radical (unpaired) electrons. The van der Waals surface area contributed by atoms with Crippen LogP contribution < -0.4 is 10.3 Å². The molecule has 4 heterocycles. The Balaban J connectivity index is 0.000000470. The van der Waals surface area contributed by atoms with Gasteiger partial charge in [-0.15, -0.1) is 11.3 Å². The van der Waals surface area contributed by atoms with E-state index in [0.29, 0.717) is 28.6 Å². The topological polar surface area (TPSA) is 92.1 Å². The molecule has 1 N–H and O–H groups in total. The number of fused-ring (bicyclic) bond motifs is 3. The molecule has 2 aliphatic rings. The number of hydrogen-bond acceptors (Lipinski definition) is 6. The summed E-state index contributed by atoms with van der Waals surface area (Å²) >= 11 is 1.41. The Labute approximate surface area is 233 Å². The summed E-state index contributed by atoms with van der Waals surface area (Å²) in [5, 5.41) is 8.69. The molecule has 0 atom stereocenters.